The molecule has 2 N–H and O–H groups in total. The van der Waals surface area contributed by atoms with Gasteiger partial charge in [-0.15, -0.1) is 0 Å². The molecule has 0 aliphatic rings. The molecule has 0 fully saturated rings. The minimum atomic E-state index is -0.200. The Balaban J connectivity index is 2.32. The summed E-state index contributed by atoms with van der Waals surface area (Å²) in [6.07, 6.45) is 1.79. The van der Waals surface area contributed by atoms with Gasteiger partial charge in [0.15, 0.2) is 11.5 Å². The van der Waals surface area contributed by atoms with Gasteiger partial charge >= 0.3 is 5.97 Å². The van der Waals surface area contributed by atoms with Crippen molar-refractivity contribution in [1.29, 1.82) is 0 Å². The molecule has 0 saturated carbocycles. The van der Waals surface area contributed by atoms with E-state index in [1.807, 2.05) is 0 Å². The van der Waals surface area contributed by atoms with E-state index in [0.29, 0.717) is 25.9 Å². The molecule has 16 heavy (non-hydrogen) atoms. The molecule has 0 heterocycles. The summed E-state index contributed by atoms with van der Waals surface area (Å²) in [6, 6.07) is 4.69. The van der Waals surface area contributed by atoms with Crippen LogP contribution in [0, 0.1) is 0 Å². The maximum absolute atomic E-state index is 10.8. The van der Waals surface area contributed by atoms with Crippen LogP contribution < -0.4 is 0 Å². The van der Waals surface area contributed by atoms with Crippen molar-refractivity contribution < 1.29 is 19.7 Å². The molecule has 0 radical (unpaired) electrons. The number of esters is 1. The Morgan fingerprint density at radius 1 is 1.31 bits per heavy atom. The van der Waals surface area contributed by atoms with Gasteiger partial charge in [-0.05, 0) is 30.5 Å². The fraction of sp³-hybridized carbons (Fsp3) is 0.417. The Morgan fingerprint density at radius 3 is 2.69 bits per heavy atom. The third-order valence-corrected chi connectivity index (χ3v) is 2.20. The smallest absolute Gasteiger partial charge is 0.305 e. The lowest BCUT2D eigenvalue weighted by Gasteiger charge is -2.04. The van der Waals surface area contributed by atoms with Gasteiger partial charge in [-0.25, -0.2) is 0 Å². The fourth-order valence-electron chi connectivity index (χ4n) is 1.29. The molecule has 0 aliphatic heterocycles. The van der Waals surface area contributed by atoms with Crippen LogP contribution in [0.1, 0.15) is 25.3 Å². The minimum absolute atomic E-state index is 0.122. The van der Waals surface area contributed by atoms with Crippen LogP contribution in [0.5, 0.6) is 11.5 Å². The number of carbonyl (C=O) groups is 1. The first-order valence-corrected chi connectivity index (χ1v) is 5.30. The van der Waals surface area contributed by atoms with Crippen molar-refractivity contribution >= 4 is 5.97 Å². The third kappa shape index (κ3) is 3.81. The molecule has 4 heteroatoms. The van der Waals surface area contributed by atoms with Gasteiger partial charge in [0.2, 0.25) is 0 Å². The molecular formula is C12H16O4. The summed E-state index contributed by atoms with van der Waals surface area (Å²) in [4.78, 5) is 10.8. The zero-order chi connectivity index (χ0) is 12.0. The van der Waals surface area contributed by atoms with Crippen LogP contribution >= 0.6 is 0 Å². The molecule has 88 valence electrons. The van der Waals surface area contributed by atoms with Crippen molar-refractivity contribution in [3.05, 3.63) is 23.8 Å². The van der Waals surface area contributed by atoms with E-state index in [1.54, 1.807) is 13.0 Å². The van der Waals surface area contributed by atoms with E-state index in [9.17, 15) is 9.90 Å². The number of carbonyl (C=O) groups excluding carboxylic acids is 1. The summed E-state index contributed by atoms with van der Waals surface area (Å²) < 4.78 is 4.92. The first-order chi connectivity index (χ1) is 7.63. The molecule has 0 saturated heterocycles. The van der Waals surface area contributed by atoms with Gasteiger partial charge in [-0.3, -0.25) is 4.79 Å². The van der Waals surface area contributed by atoms with Crippen molar-refractivity contribution in [3.63, 3.8) is 0 Å². The fourth-order valence-corrected chi connectivity index (χ4v) is 1.29. The Labute approximate surface area is 94.5 Å². The van der Waals surface area contributed by atoms with Gasteiger partial charge in [-0.2, -0.15) is 0 Å². The molecule has 0 aromatic heterocycles. The number of phenolic OH excluding ortho intramolecular Hbond substituents is 2. The van der Waals surface area contributed by atoms with E-state index < -0.39 is 0 Å². The van der Waals surface area contributed by atoms with Crippen LogP contribution in [0.25, 0.3) is 0 Å². The maximum Gasteiger partial charge on any atom is 0.305 e. The van der Waals surface area contributed by atoms with E-state index in [4.69, 9.17) is 9.84 Å². The summed E-state index contributed by atoms with van der Waals surface area (Å²) >= 11 is 0. The van der Waals surface area contributed by atoms with E-state index in [0.717, 1.165) is 5.56 Å². The predicted octanol–water partition coefficient (Wildman–Crippen LogP) is 1.98. The standard InChI is InChI=1S/C12H16O4/c1-2-12(15)16-7-3-4-9-5-6-10(13)11(14)8-9/h5-6,8,13-14H,2-4,7H2,1H3. The van der Waals surface area contributed by atoms with Crippen LogP contribution in [-0.4, -0.2) is 22.8 Å². The average molecular weight is 224 g/mol. The van der Waals surface area contributed by atoms with E-state index >= 15 is 0 Å². The van der Waals surface area contributed by atoms with Crippen LogP contribution in [0.4, 0.5) is 0 Å². The van der Waals surface area contributed by atoms with E-state index in [-0.39, 0.29) is 17.5 Å². The first kappa shape index (κ1) is 12.4. The van der Waals surface area contributed by atoms with E-state index in [2.05, 4.69) is 0 Å². The SMILES string of the molecule is CCC(=O)OCCCc1ccc(O)c(O)c1. The predicted molar refractivity (Wildman–Crippen MR) is 59.3 cm³/mol. The van der Waals surface area contributed by atoms with Crippen molar-refractivity contribution in [3.8, 4) is 11.5 Å². The number of phenols is 2. The highest BCUT2D eigenvalue weighted by molar-refractivity contribution is 5.68. The lowest BCUT2D eigenvalue weighted by molar-refractivity contribution is -0.143. The molecule has 1 aromatic rings. The number of hydrogen-bond donors (Lipinski definition) is 2. The number of hydrogen-bond acceptors (Lipinski definition) is 4. The van der Waals surface area contributed by atoms with Crippen LogP contribution in [-0.2, 0) is 16.0 Å². The highest BCUT2D eigenvalue weighted by atomic mass is 16.5. The lowest BCUT2D eigenvalue weighted by Crippen LogP contribution is -2.04. The number of rotatable bonds is 5. The van der Waals surface area contributed by atoms with Gasteiger partial charge in [0.05, 0.1) is 6.61 Å². The monoisotopic (exact) mass is 224 g/mol. The zero-order valence-electron chi connectivity index (χ0n) is 9.27. The lowest BCUT2D eigenvalue weighted by atomic mass is 10.1. The molecule has 0 atom stereocenters. The Kier molecular flexibility index (Phi) is 4.64. The molecule has 1 aromatic carbocycles. The second kappa shape index (κ2) is 6.00. The van der Waals surface area contributed by atoms with Gasteiger partial charge in [0.25, 0.3) is 0 Å². The highest BCUT2D eigenvalue weighted by Crippen LogP contribution is 2.25. The number of aryl methyl sites for hydroxylation is 1. The molecule has 0 amide bonds. The Morgan fingerprint density at radius 2 is 2.06 bits per heavy atom. The first-order valence-electron chi connectivity index (χ1n) is 5.30. The summed E-state index contributed by atoms with van der Waals surface area (Å²) in [5.41, 5.74) is 0.905. The quantitative estimate of drug-likeness (QED) is 0.456. The molecule has 0 spiro atoms. The van der Waals surface area contributed by atoms with Crippen LogP contribution in [0.2, 0.25) is 0 Å². The zero-order valence-corrected chi connectivity index (χ0v) is 9.27. The normalized spacial score (nSPS) is 10.1. The van der Waals surface area contributed by atoms with Gasteiger partial charge in [0, 0.05) is 6.42 Å². The molecular weight excluding hydrogens is 208 g/mol. The molecule has 0 unspecified atom stereocenters. The second-order valence-corrected chi connectivity index (χ2v) is 3.50. The Bertz CT molecular complexity index is 360. The third-order valence-electron chi connectivity index (χ3n) is 2.20. The molecule has 1 rings (SSSR count). The average Bonchev–Trinajstić information content (AvgIpc) is 2.28. The van der Waals surface area contributed by atoms with Gasteiger partial charge in [0.1, 0.15) is 0 Å². The summed E-state index contributed by atoms with van der Waals surface area (Å²) in [5.74, 6) is -0.447. The van der Waals surface area contributed by atoms with Crippen molar-refractivity contribution in [1.82, 2.24) is 0 Å². The van der Waals surface area contributed by atoms with Crippen molar-refractivity contribution in [2.75, 3.05) is 6.61 Å². The van der Waals surface area contributed by atoms with E-state index in [1.165, 1.54) is 12.1 Å². The van der Waals surface area contributed by atoms with Crippen molar-refractivity contribution in [2.24, 2.45) is 0 Å². The highest BCUT2D eigenvalue weighted by Gasteiger charge is 2.02. The molecule has 0 aliphatic carbocycles. The minimum Gasteiger partial charge on any atom is -0.504 e. The summed E-state index contributed by atoms with van der Waals surface area (Å²) in [7, 11) is 0. The maximum atomic E-state index is 10.8. The number of ether oxygens (including phenoxy) is 1. The largest absolute Gasteiger partial charge is 0.504 e. The molecule has 0 bridgehead atoms. The van der Waals surface area contributed by atoms with Gasteiger partial charge in [-0.1, -0.05) is 13.0 Å². The van der Waals surface area contributed by atoms with Crippen LogP contribution in [0.15, 0.2) is 18.2 Å². The van der Waals surface area contributed by atoms with Crippen LogP contribution in [0.3, 0.4) is 0 Å². The number of benzene rings is 1. The Hall–Kier alpha value is -1.71. The summed E-state index contributed by atoms with van der Waals surface area (Å²) in [5, 5.41) is 18.3. The molecule has 4 nitrogen and oxygen atoms in total. The topological polar surface area (TPSA) is 66.8 Å². The van der Waals surface area contributed by atoms with Gasteiger partial charge < -0.3 is 14.9 Å². The second-order valence-electron chi connectivity index (χ2n) is 3.50. The summed E-state index contributed by atoms with van der Waals surface area (Å²) in [6.45, 7) is 2.13. The van der Waals surface area contributed by atoms with Crippen molar-refractivity contribution in [2.45, 2.75) is 26.2 Å². The number of aromatic hydroxyl groups is 2.